The Bertz CT molecular complexity index is 937. The second-order valence-electron chi connectivity index (χ2n) is 9.32. The van der Waals surface area contributed by atoms with Crippen molar-refractivity contribution in [2.75, 3.05) is 0 Å². The first kappa shape index (κ1) is 18.7. The maximum absolute atomic E-state index is 13.1. The highest BCUT2D eigenvalue weighted by molar-refractivity contribution is 5.94. The zero-order valence-corrected chi connectivity index (χ0v) is 16.8. The molecule has 3 aliphatic rings. The number of hydrogen-bond acceptors (Lipinski definition) is 4. The summed E-state index contributed by atoms with van der Waals surface area (Å²) < 4.78 is 5.63. The number of aliphatic hydroxyl groups excluding tert-OH is 1. The summed E-state index contributed by atoms with van der Waals surface area (Å²) in [6.07, 6.45) is 5.61. The van der Waals surface area contributed by atoms with Crippen molar-refractivity contribution >= 4 is 5.97 Å². The molecule has 2 fully saturated rings. The van der Waals surface area contributed by atoms with E-state index in [-0.39, 0.29) is 17.3 Å². The smallest absolute Gasteiger partial charge is 0.343 e. The van der Waals surface area contributed by atoms with E-state index in [4.69, 9.17) is 4.74 Å². The Balaban J connectivity index is 1.52. The molecule has 4 heteroatoms. The molecule has 2 saturated carbocycles. The van der Waals surface area contributed by atoms with Crippen molar-refractivity contribution in [2.45, 2.75) is 57.5 Å². The summed E-state index contributed by atoms with van der Waals surface area (Å²) in [5.41, 5.74) is 2.65. The van der Waals surface area contributed by atoms with Crippen LogP contribution in [0.3, 0.4) is 0 Å². The first-order valence-electron chi connectivity index (χ1n) is 10.8. The number of carbonyl (C=O) groups excluding carboxylic acids is 1. The third kappa shape index (κ3) is 2.96. The van der Waals surface area contributed by atoms with Gasteiger partial charge in [-0.2, -0.15) is 0 Å². The lowest BCUT2D eigenvalue weighted by Gasteiger charge is -2.50. The first-order chi connectivity index (χ1) is 14.0. The minimum Gasteiger partial charge on any atom is -0.508 e. The summed E-state index contributed by atoms with van der Waals surface area (Å²) in [5, 5.41) is 20.9. The number of rotatable bonds is 2. The average Bonchev–Trinajstić information content (AvgIpc) is 3.02. The van der Waals surface area contributed by atoms with E-state index in [1.807, 2.05) is 24.3 Å². The Morgan fingerprint density at radius 1 is 1.10 bits per heavy atom. The van der Waals surface area contributed by atoms with E-state index >= 15 is 0 Å². The molecule has 0 amide bonds. The zero-order valence-electron chi connectivity index (χ0n) is 16.8. The number of aromatic hydroxyl groups is 1. The lowest BCUT2D eigenvalue weighted by molar-refractivity contribution is -0.0227. The molecule has 2 aromatic carbocycles. The highest BCUT2D eigenvalue weighted by atomic mass is 16.5. The summed E-state index contributed by atoms with van der Waals surface area (Å²) in [6, 6.07) is 12.5. The number of aryl methyl sites for hydroxylation is 1. The van der Waals surface area contributed by atoms with Crippen molar-refractivity contribution in [1.82, 2.24) is 0 Å². The van der Waals surface area contributed by atoms with Crippen LogP contribution >= 0.6 is 0 Å². The van der Waals surface area contributed by atoms with E-state index in [9.17, 15) is 15.0 Å². The van der Waals surface area contributed by atoms with Crippen molar-refractivity contribution in [3.05, 3.63) is 59.2 Å². The molecule has 0 radical (unpaired) electrons. The molecule has 0 aliphatic heterocycles. The molecule has 0 unspecified atom stereocenters. The molecule has 0 heterocycles. The number of ether oxygens (including phenoxy) is 1. The van der Waals surface area contributed by atoms with Crippen molar-refractivity contribution in [2.24, 2.45) is 17.3 Å². The average molecular weight is 392 g/mol. The van der Waals surface area contributed by atoms with Gasteiger partial charge in [-0.1, -0.05) is 25.1 Å². The second-order valence-corrected chi connectivity index (χ2v) is 9.32. The first-order valence-corrected chi connectivity index (χ1v) is 10.8. The molecule has 0 aromatic heterocycles. The van der Waals surface area contributed by atoms with Gasteiger partial charge in [0.2, 0.25) is 0 Å². The number of aliphatic hydroxyl groups is 1. The van der Waals surface area contributed by atoms with Crippen LogP contribution in [0.1, 0.15) is 66.4 Å². The van der Waals surface area contributed by atoms with Crippen LogP contribution in [0.5, 0.6) is 11.5 Å². The lowest BCUT2D eigenvalue weighted by atomic mass is 9.55. The monoisotopic (exact) mass is 392 g/mol. The SMILES string of the molecule is C[C@]12CC[C@@H]3c4c(cc(O)cc4C(=O)Oc4ccccc4)CC[C@H]3[C@@H]1CC[C@H]2O. The van der Waals surface area contributed by atoms with Crippen LogP contribution in [0.25, 0.3) is 0 Å². The van der Waals surface area contributed by atoms with Crippen LogP contribution in [-0.4, -0.2) is 22.3 Å². The van der Waals surface area contributed by atoms with Crippen molar-refractivity contribution in [3.8, 4) is 11.5 Å². The molecular weight excluding hydrogens is 364 g/mol. The predicted octanol–water partition coefficient (Wildman–Crippen LogP) is 4.83. The number of para-hydroxylation sites is 1. The molecule has 5 atom stereocenters. The number of hydrogen-bond donors (Lipinski definition) is 2. The minimum atomic E-state index is -0.399. The molecule has 29 heavy (non-hydrogen) atoms. The molecule has 5 rings (SSSR count). The van der Waals surface area contributed by atoms with E-state index in [0.717, 1.165) is 49.7 Å². The molecule has 4 nitrogen and oxygen atoms in total. The van der Waals surface area contributed by atoms with Crippen molar-refractivity contribution in [1.29, 1.82) is 0 Å². The largest absolute Gasteiger partial charge is 0.508 e. The Hall–Kier alpha value is -2.33. The van der Waals surface area contributed by atoms with Crippen molar-refractivity contribution < 1.29 is 19.7 Å². The minimum absolute atomic E-state index is 0.000298. The van der Waals surface area contributed by atoms with Gasteiger partial charge in [-0.25, -0.2) is 4.79 Å². The zero-order chi connectivity index (χ0) is 20.2. The van der Waals surface area contributed by atoms with Gasteiger partial charge in [0.1, 0.15) is 11.5 Å². The van der Waals surface area contributed by atoms with Crippen LogP contribution in [0.4, 0.5) is 0 Å². The predicted molar refractivity (Wildman–Crippen MR) is 110 cm³/mol. The quantitative estimate of drug-likeness (QED) is 0.568. The van der Waals surface area contributed by atoms with Crippen LogP contribution in [0.15, 0.2) is 42.5 Å². The maximum atomic E-state index is 13.1. The van der Waals surface area contributed by atoms with Gasteiger partial charge in [0.25, 0.3) is 0 Å². The van der Waals surface area contributed by atoms with Crippen LogP contribution in [0.2, 0.25) is 0 Å². The Kier molecular flexibility index (Phi) is 4.43. The summed E-state index contributed by atoms with van der Waals surface area (Å²) in [6.45, 7) is 2.25. The van der Waals surface area contributed by atoms with E-state index in [2.05, 4.69) is 6.92 Å². The molecule has 0 spiro atoms. The lowest BCUT2D eigenvalue weighted by Crippen LogP contribution is -2.44. The molecular formula is C25H28O4. The van der Waals surface area contributed by atoms with E-state index in [1.54, 1.807) is 18.2 Å². The van der Waals surface area contributed by atoms with Crippen LogP contribution in [-0.2, 0) is 6.42 Å². The standard InChI is InChI=1S/C25H28O4/c1-25-12-11-19-18(21(25)9-10-22(25)27)8-7-15-13-16(26)14-20(23(15)19)24(28)29-17-5-3-2-4-6-17/h2-6,13-14,18-19,21-22,26-27H,7-12H2,1H3/t18-,19+,21+,22-,25+/m1/s1. The Morgan fingerprint density at radius 2 is 1.90 bits per heavy atom. The number of phenolic OH excluding ortho intramolecular Hbond substituents is 1. The fraction of sp³-hybridized carbons (Fsp3) is 0.480. The van der Waals surface area contributed by atoms with Gasteiger partial charge in [0.15, 0.2) is 0 Å². The third-order valence-corrected chi connectivity index (χ3v) is 7.93. The molecule has 2 N–H and O–H groups in total. The van der Waals surface area contributed by atoms with Gasteiger partial charge in [-0.15, -0.1) is 0 Å². The van der Waals surface area contributed by atoms with Crippen molar-refractivity contribution in [3.63, 3.8) is 0 Å². The highest BCUT2D eigenvalue weighted by Gasteiger charge is 2.54. The molecule has 3 aliphatic carbocycles. The number of fused-ring (bicyclic) bond motifs is 5. The second kappa shape index (κ2) is 6.88. The molecule has 0 saturated heterocycles. The highest BCUT2D eigenvalue weighted by Crippen LogP contribution is 2.61. The molecule has 2 aromatic rings. The van der Waals surface area contributed by atoms with Gasteiger partial charge in [0.05, 0.1) is 11.7 Å². The number of esters is 1. The van der Waals surface area contributed by atoms with Gasteiger partial charge in [-0.05, 0) is 97.1 Å². The summed E-state index contributed by atoms with van der Waals surface area (Å²) >= 11 is 0. The van der Waals surface area contributed by atoms with Crippen LogP contribution < -0.4 is 4.74 Å². The fourth-order valence-electron chi connectivity index (χ4n) is 6.50. The Labute approximate surface area is 171 Å². The van der Waals surface area contributed by atoms with E-state index in [1.165, 1.54) is 0 Å². The maximum Gasteiger partial charge on any atom is 0.343 e. The van der Waals surface area contributed by atoms with E-state index < -0.39 is 5.97 Å². The van der Waals surface area contributed by atoms with Gasteiger partial charge in [0, 0.05) is 0 Å². The summed E-state index contributed by atoms with van der Waals surface area (Å²) in [7, 11) is 0. The normalized spacial score (nSPS) is 32.8. The summed E-state index contributed by atoms with van der Waals surface area (Å²) in [4.78, 5) is 13.1. The Morgan fingerprint density at radius 3 is 2.69 bits per heavy atom. The van der Waals surface area contributed by atoms with E-state index in [0.29, 0.717) is 29.1 Å². The summed E-state index contributed by atoms with van der Waals surface area (Å²) in [5.74, 6) is 1.50. The number of benzene rings is 2. The van der Waals surface area contributed by atoms with Crippen LogP contribution in [0, 0.1) is 17.3 Å². The number of phenols is 1. The topological polar surface area (TPSA) is 66.8 Å². The van der Waals surface area contributed by atoms with Gasteiger partial charge >= 0.3 is 5.97 Å². The third-order valence-electron chi connectivity index (χ3n) is 7.93. The molecule has 152 valence electrons. The molecule has 0 bridgehead atoms. The fourth-order valence-corrected chi connectivity index (χ4v) is 6.50. The number of carbonyl (C=O) groups is 1. The van der Waals surface area contributed by atoms with Gasteiger partial charge < -0.3 is 14.9 Å². The van der Waals surface area contributed by atoms with Gasteiger partial charge in [-0.3, -0.25) is 0 Å².